The van der Waals surface area contributed by atoms with Gasteiger partial charge in [-0.3, -0.25) is 0 Å². The number of anilines is 3. The van der Waals surface area contributed by atoms with Gasteiger partial charge in [0.2, 0.25) is 0 Å². The van der Waals surface area contributed by atoms with Crippen molar-refractivity contribution < 1.29 is 4.39 Å². The van der Waals surface area contributed by atoms with E-state index >= 15 is 0 Å². The molecule has 4 heteroatoms. The summed E-state index contributed by atoms with van der Waals surface area (Å²) < 4.78 is 13.0. The van der Waals surface area contributed by atoms with Crippen LogP contribution in [0.25, 0.3) is 0 Å². The Morgan fingerprint density at radius 1 is 1.18 bits per heavy atom. The van der Waals surface area contributed by atoms with E-state index < -0.39 is 5.82 Å². The van der Waals surface area contributed by atoms with Gasteiger partial charge in [-0.05, 0) is 42.8 Å². The fraction of sp³-hybridized carbons (Fsp3) is 0.0769. The first kappa shape index (κ1) is 11.7. The van der Waals surface area contributed by atoms with Gasteiger partial charge in [0.1, 0.15) is 5.82 Å². The van der Waals surface area contributed by atoms with Crippen molar-refractivity contribution in [1.82, 2.24) is 0 Å². The molecule has 0 amide bonds. The number of hydrogen-bond acceptors (Lipinski definition) is 2. The molecule has 88 valence electrons. The highest BCUT2D eigenvalue weighted by molar-refractivity contribution is 6.31. The number of aryl methyl sites for hydroxylation is 1. The second-order valence-electron chi connectivity index (χ2n) is 3.84. The molecule has 0 atom stereocenters. The van der Waals surface area contributed by atoms with Crippen LogP contribution in [0, 0.1) is 12.7 Å². The van der Waals surface area contributed by atoms with Crippen LogP contribution in [0.1, 0.15) is 5.56 Å². The van der Waals surface area contributed by atoms with Crippen LogP contribution in [0.4, 0.5) is 21.5 Å². The molecule has 0 aliphatic carbocycles. The van der Waals surface area contributed by atoms with Crippen LogP contribution in [-0.4, -0.2) is 0 Å². The van der Waals surface area contributed by atoms with Crippen molar-refractivity contribution in [2.45, 2.75) is 6.92 Å². The Hall–Kier alpha value is -1.74. The molecule has 2 nitrogen and oxygen atoms in total. The minimum atomic E-state index is -0.436. The SMILES string of the molecule is Cc1ccc(N)c(Nc2ccc(F)c(Cl)c2)c1. The standard InChI is InChI=1S/C13H12ClFN2/c1-8-2-5-12(16)13(6-8)17-9-3-4-11(15)10(14)7-9/h2-7,17H,16H2,1H3. The summed E-state index contributed by atoms with van der Waals surface area (Å²) >= 11 is 5.70. The summed E-state index contributed by atoms with van der Waals surface area (Å²) in [5, 5.41) is 3.19. The molecule has 3 N–H and O–H groups in total. The van der Waals surface area contributed by atoms with E-state index in [-0.39, 0.29) is 5.02 Å². The normalized spacial score (nSPS) is 10.3. The van der Waals surface area contributed by atoms with Gasteiger partial charge >= 0.3 is 0 Å². The first-order valence-electron chi connectivity index (χ1n) is 5.14. The maximum Gasteiger partial charge on any atom is 0.141 e. The number of nitrogens with two attached hydrogens (primary N) is 1. The van der Waals surface area contributed by atoms with Crippen molar-refractivity contribution in [3.05, 3.63) is 52.8 Å². The van der Waals surface area contributed by atoms with Crippen LogP contribution in [0.15, 0.2) is 36.4 Å². The van der Waals surface area contributed by atoms with Crippen molar-refractivity contribution in [1.29, 1.82) is 0 Å². The summed E-state index contributed by atoms with van der Waals surface area (Å²) in [6.07, 6.45) is 0. The third kappa shape index (κ3) is 2.68. The van der Waals surface area contributed by atoms with Gasteiger partial charge in [-0.15, -0.1) is 0 Å². The smallest absolute Gasteiger partial charge is 0.141 e. The molecule has 0 heterocycles. The van der Waals surface area contributed by atoms with Crippen molar-refractivity contribution in [3.8, 4) is 0 Å². The fourth-order valence-corrected chi connectivity index (χ4v) is 1.69. The van der Waals surface area contributed by atoms with E-state index in [1.165, 1.54) is 12.1 Å². The number of halogens is 2. The molecule has 2 rings (SSSR count). The molecule has 0 spiro atoms. The average Bonchev–Trinajstić information content (AvgIpc) is 2.29. The van der Waals surface area contributed by atoms with Crippen LogP contribution in [-0.2, 0) is 0 Å². The second kappa shape index (κ2) is 4.63. The first-order chi connectivity index (χ1) is 8.06. The van der Waals surface area contributed by atoms with E-state index in [1.807, 2.05) is 25.1 Å². The monoisotopic (exact) mass is 250 g/mol. The molecule has 0 radical (unpaired) electrons. The zero-order chi connectivity index (χ0) is 12.4. The Bertz CT molecular complexity index is 555. The van der Waals surface area contributed by atoms with Crippen molar-refractivity contribution in [2.24, 2.45) is 0 Å². The number of nitrogen functional groups attached to an aromatic ring is 1. The predicted octanol–water partition coefficient (Wildman–Crippen LogP) is 4.11. The van der Waals surface area contributed by atoms with E-state index in [0.717, 1.165) is 11.3 Å². The molecule has 2 aromatic carbocycles. The van der Waals surface area contributed by atoms with E-state index in [9.17, 15) is 4.39 Å². The third-order valence-electron chi connectivity index (χ3n) is 2.41. The highest BCUT2D eigenvalue weighted by Gasteiger charge is 2.03. The molecule has 0 fully saturated rings. The van der Waals surface area contributed by atoms with Gasteiger partial charge in [0.15, 0.2) is 0 Å². The van der Waals surface area contributed by atoms with Gasteiger partial charge in [-0.25, -0.2) is 4.39 Å². The lowest BCUT2D eigenvalue weighted by Gasteiger charge is -2.10. The summed E-state index contributed by atoms with van der Waals surface area (Å²) in [6.45, 7) is 1.97. The molecule has 0 aromatic heterocycles. The molecular weight excluding hydrogens is 239 g/mol. The maximum absolute atomic E-state index is 13.0. The fourth-order valence-electron chi connectivity index (χ4n) is 1.51. The summed E-state index contributed by atoms with van der Waals surface area (Å²) in [6, 6.07) is 10.1. The number of hydrogen-bond donors (Lipinski definition) is 2. The molecule has 17 heavy (non-hydrogen) atoms. The lowest BCUT2D eigenvalue weighted by atomic mass is 10.2. The maximum atomic E-state index is 13.0. The minimum Gasteiger partial charge on any atom is -0.397 e. The van der Waals surface area contributed by atoms with Crippen LogP contribution >= 0.6 is 11.6 Å². The molecule has 0 aliphatic rings. The van der Waals surface area contributed by atoms with E-state index in [0.29, 0.717) is 11.4 Å². The van der Waals surface area contributed by atoms with Crippen molar-refractivity contribution in [3.63, 3.8) is 0 Å². The summed E-state index contributed by atoms with van der Waals surface area (Å²) in [5.41, 5.74) is 9.05. The Kier molecular flexibility index (Phi) is 3.20. The van der Waals surface area contributed by atoms with Gasteiger partial charge in [0.25, 0.3) is 0 Å². The van der Waals surface area contributed by atoms with Crippen LogP contribution < -0.4 is 11.1 Å². The summed E-state index contributed by atoms with van der Waals surface area (Å²) in [7, 11) is 0. The molecule has 0 saturated carbocycles. The largest absolute Gasteiger partial charge is 0.397 e. The topological polar surface area (TPSA) is 38.0 Å². The third-order valence-corrected chi connectivity index (χ3v) is 2.70. The molecule has 2 aromatic rings. The highest BCUT2D eigenvalue weighted by Crippen LogP contribution is 2.26. The first-order valence-corrected chi connectivity index (χ1v) is 5.52. The van der Waals surface area contributed by atoms with E-state index in [2.05, 4.69) is 5.32 Å². The quantitative estimate of drug-likeness (QED) is 0.787. The van der Waals surface area contributed by atoms with Crippen molar-refractivity contribution in [2.75, 3.05) is 11.1 Å². The number of benzene rings is 2. The minimum absolute atomic E-state index is 0.0845. The van der Waals surface area contributed by atoms with Gasteiger partial charge in [-0.1, -0.05) is 17.7 Å². The Labute approximate surface area is 104 Å². The molecule has 0 aliphatic heterocycles. The van der Waals surface area contributed by atoms with Crippen LogP contribution in [0.2, 0.25) is 5.02 Å². The summed E-state index contributed by atoms with van der Waals surface area (Å²) in [5.74, 6) is -0.436. The molecule has 0 unspecified atom stereocenters. The lowest BCUT2D eigenvalue weighted by Crippen LogP contribution is -1.97. The van der Waals surface area contributed by atoms with E-state index in [4.69, 9.17) is 17.3 Å². The van der Waals surface area contributed by atoms with Gasteiger partial charge < -0.3 is 11.1 Å². The lowest BCUT2D eigenvalue weighted by molar-refractivity contribution is 0.628. The predicted molar refractivity (Wildman–Crippen MR) is 70.3 cm³/mol. The zero-order valence-corrected chi connectivity index (χ0v) is 10.1. The van der Waals surface area contributed by atoms with Gasteiger partial charge in [-0.2, -0.15) is 0 Å². The van der Waals surface area contributed by atoms with Gasteiger partial charge in [0, 0.05) is 5.69 Å². The number of rotatable bonds is 2. The summed E-state index contributed by atoms with van der Waals surface area (Å²) in [4.78, 5) is 0. The zero-order valence-electron chi connectivity index (χ0n) is 9.30. The molecular formula is C13H12ClFN2. The Morgan fingerprint density at radius 2 is 1.94 bits per heavy atom. The molecule has 0 bridgehead atoms. The van der Waals surface area contributed by atoms with Crippen molar-refractivity contribution >= 4 is 28.7 Å². The number of nitrogens with one attached hydrogen (secondary N) is 1. The van der Waals surface area contributed by atoms with E-state index in [1.54, 1.807) is 6.07 Å². The second-order valence-corrected chi connectivity index (χ2v) is 4.25. The van der Waals surface area contributed by atoms with Gasteiger partial charge in [0.05, 0.1) is 16.4 Å². The highest BCUT2D eigenvalue weighted by atomic mass is 35.5. The average molecular weight is 251 g/mol. The van der Waals surface area contributed by atoms with Crippen LogP contribution in [0.3, 0.4) is 0 Å². The van der Waals surface area contributed by atoms with Crippen LogP contribution in [0.5, 0.6) is 0 Å². The molecule has 0 saturated heterocycles. The Balaban J connectivity index is 2.31. The Morgan fingerprint density at radius 3 is 2.65 bits per heavy atom.